The number of halogens is 2. The molecule has 1 nitrogen and oxygen atoms in total. The van der Waals surface area contributed by atoms with Gasteiger partial charge >= 0.3 is 0 Å². The van der Waals surface area contributed by atoms with Gasteiger partial charge in [0.05, 0.1) is 12.2 Å². The molecule has 12 heavy (non-hydrogen) atoms. The Kier molecular flexibility index (Phi) is 4.06. The second kappa shape index (κ2) is 4.43. The van der Waals surface area contributed by atoms with E-state index in [4.69, 9.17) is 4.74 Å². The van der Waals surface area contributed by atoms with Gasteiger partial charge in [-0.25, -0.2) is 0 Å². The molecule has 0 aromatic rings. The van der Waals surface area contributed by atoms with Crippen molar-refractivity contribution in [2.75, 3.05) is 17.3 Å². The van der Waals surface area contributed by atoms with Crippen LogP contribution < -0.4 is 0 Å². The normalized spacial score (nSPS) is 28.2. The first-order chi connectivity index (χ1) is 5.59. The van der Waals surface area contributed by atoms with Crippen molar-refractivity contribution in [3.05, 3.63) is 0 Å². The van der Waals surface area contributed by atoms with Crippen molar-refractivity contribution in [1.29, 1.82) is 0 Å². The zero-order valence-corrected chi connectivity index (χ0v) is 10.8. The van der Waals surface area contributed by atoms with Gasteiger partial charge in [-0.15, -0.1) is 0 Å². The van der Waals surface area contributed by atoms with Crippen LogP contribution in [0.3, 0.4) is 0 Å². The number of ether oxygens (including phenoxy) is 1. The van der Waals surface area contributed by atoms with Crippen molar-refractivity contribution in [2.24, 2.45) is 11.8 Å². The van der Waals surface area contributed by atoms with E-state index in [0.29, 0.717) is 5.92 Å². The highest BCUT2D eigenvalue weighted by Gasteiger charge is 2.35. The minimum absolute atomic E-state index is 0.104. The molecular weight excluding hydrogens is 284 g/mol. The zero-order valence-electron chi connectivity index (χ0n) is 7.65. The van der Waals surface area contributed by atoms with Crippen molar-refractivity contribution in [2.45, 2.75) is 25.9 Å². The molecule has 0 saturated carbocycles. The fraction of sp³-hybridized carbons (Fsp3) is 1.00. The van der Waals surface area contributed by atoms with Gasteiger partial charge < -0.3 is 4.74 Å². The van der Waals surface area contributed by atoms with E-state index < -0.39 is 0 Å². The minimum atomic E-state index is 0.104. The first kappa shape index (κ1) is 11.0. The summed E-state index contributed by atoms with van der Waals surface area (Å²) in [7, 11) is 0. The van der Waals surface area contributed by atoms with Gasteiger partial charge in [-0.1, -0.05) is 31.9 Å². The van der Waals surface area contributed by atoms with Gasteiger partial charge in [-0.3, -0.25) is 0 Å². The predicted molar refractivity (Wildman–Crippen MR) is 59.2 cm³/mol. The lowest BCUT2D eigenvalue weighted by Crippen LogP contribution is -2.20. The summed E-state index contributed by atoms with van der Waals surface area (Å²) in [4.78, 5) is 0. The molecule has 0 radical (unpaired) electrons. The van der Waals surface area contributed by atoms with Crippen molar-refractivity contribution >= 4 is 31.9 Å². The molecule has 1 unspecified atom stereocenters. The van der Waals surface area contributed by atoms with Crippen LogP contribution >= 0.6 is 31.9 Å². The lowest BCUT2D eigenvalue weighted by Gasteiger charge is -2.19. The van der Waals surface area contributed by atoms with Gasteiger partial charge in [0.15, 0.2) is 0 Å². The van der Waals surface area contributed by atoms with Crippen molar-refractivity contribution in [3.63, 3.8) is 0 Å². The van der Waals surface area contributed by atoms with Crippen LogP contribution in [-0.2, 0) is 4.74 Å². The quantitative estimate of drug-likeness (QED) is 0.727. The smallest absolute Gasteiger partial charge is 0.0630 e. The Hall–Kier alpha value is 0.920. The SMILES string of the molecule is CC1(C)CC(C(CBr)CBr)CO1. The predicted octanol–water partition coefficient (Wildman–Crippen LogP) is 3.21. The van der Waals surface area contributed by atoms with E-state index in [-0.39, 0.29) is 5.60 Å². The Morgan fingerprint density at radius 3 is 2.33 bits per heavy atom. The Bertz CT molecular complexity index is 143. The Morgan fingerprint density at radius 2 is 2.00 bits per heavy atom. The Labute approximate surface area is 91.5 Å². The highest BCUT2D eigenvalue weighted by atomic mass is 79.9. The van der Waals surface area contributed by atoms with E-state index in [0.717, 1.165) is 23.2 Å². The summed E-state index contributed by atoms with van der Waals surface area (Å²) in [5.41, 5.74) is 0.104. The molecule has 1 aliphatic heterocycles. The van der Waals surface area contributed by atoms with Crippen LogP contribution in [0.2, 0.25) is 0 Å². The van der Waals surface area contributed by atoms with Gasteiger partial charge in [-0.05, 0) is 32.1 Å². The zero-order chi connectivity index (χ0) is 9.19. The highest BCUT2D eigenvalue weighted by Crippen LogP contribution is 2.35. The van der Waals surface area contributed by atoms with Crippen LogP contribution in [0.4, 0.5) is 0 Å². The average Bonchev–Trinajstić information content (AvgIpc) is 2.34. The monoisotopic (exact) mass is 298 g/mol. The van der Waals surface area contributed by atoms with Crippen LogP contribution in [0.25, 0.3) is 0 Å². The van der Waals surface area contributed by atoms with E-state index >= 15 is 0 Å². The van der Waals surface area contributed by atoms with E-state index in [1.165, 1.54) is 6.42 Å². The largest absolute Gasteiger partial charge is 0.375 e. The number of alkyl halides is 2. The van der Waals surface area contributed by atoms with Crippen molar-refractivity contribution < 1.29 is 4.74 Å². The summed E-state index contributed by atoms with van der Waals surface area (Å²) in [6.07, 6.45) is 1.19. The van der Waals surface area contributed by atoms with E-state index in [1.54, 1.807) is 0 Å². The summed E-state index contributed by atoms with van der Waals surface area (Å²) < 4.78 is 5.70. The summed E-state index contributed by atoms with van der Waals surface area (Å²) >= 11 is 7.08. The molecule has 1 atom stereocenters. The number of rotatable bonds is 3. The fourth-order valence-corrected chi connectivity index (χ4v) is 3.81. The molecule has 1 fully saturated rings. The number of hydrogen-bond donors (Lipinski definition) is 0. The molecule has 1 aliphatic rings. The van der Waals surface area contributed by atoms with Crippen LogP contribution in [0.15, 0.2) is 0 Å². The summed E-state index contributed by atoms with van der Waals surface area (Å²) in [6.45, 7) is 5.27. The molecule has 0 amide bonds. The molecular formula is C9H16Br2O. The standard InChI is InChI=1S/C9H16Br2O/c1-9(2)3-7(6-12-9)8(4-10)5-11/h7-8H,3-6H2,1-2H3. The van der Waals surface area contributed by atoms with Gasteiger partial charge in [0.25, 0.3) is 0 Å². The summed E-state index contributed by atoms with van der Waals surface area (Å²) in [5.74, 6) is 1.44. The van der Waals surface area contributed by atoms with Gasteiger partial charge in [-0.2, -0.15) is 0 Å². The van der Waals surface area contributed by atoms with E-state index in [1.807, 2.05) is 0 Å². The van der Waals surface area contributed by atoms with E-state index in [9.17, 15) is 0 Å². The molecule has 0 bridgehead atoms. The lowest BCUT2D eigenvalue weighted by atomic mass is 9.89. The van der Waals surface area contributed by atoms with E-state index in [2.05, 4.69) is 45.7 Å². The minimum Gasteiger partial charge on any atom is -0.375 e. The molecule has 0 aromatic heterocycles. The maximum Gasteiger partial charge on any atom is 0.0630 e. The third-order valence-corrected chi connectivity index (χ3v) is 4.17. The first-order valence-electron chi connectivity index (χ1n) is 4.35. The Balaban J connectivity index is 2.45. The lowest BCUT2D eigenvalue weighted by molar-refractivity contribution is 0.0343. The third-order valence-electron chi connectivity index (χ3n) is 2.50. The van der Waals surface area contributed by atoms with Crippen molar-refractivity contribution in [3.8, 4) is 0 Å². The van der Waals surface area contributed by atoms with Crippen LogP contribution in [0, 0.1) is 11.8 Å². The first-order valence-corrected chi connectivity index (χ1v) is 6.59. The topological polar surface area (TPSA) is 9.23 Å². The van der Waals surface area contributed by atoms with Crippen LogP contribution in [0.1, 0.15) is 20.3 Å². The molecule has 1 heterocycles. The molecule has 1 saturated heterocycles. The van der Waals surface area contributed by atoms with Gasteiger partial charge in [0.1, 0.15) is 0 Å². The maximum atomic E-state index is 5.70. The van der Waals surface area contributed by atoms with Crippen molar-refractivity contribution in [1.82, 2.24) is 0 Å². The molecule has 3 heteroatoms. The highest BCUT2D eigenvalue weighted by molar-refractivity contribution is 9.09. The average molecular weight is 300 g/mol. The molecule has 1 rings (SSSR count). The molecule has 0 aromatic carbocycles. The fourth-order valence-electron chi connectivity index (χ4n) is 1.68. The molecule has 0 spiro atoms. The third kappa shape index (κ3) is 2.71. The van der Waals surface area contributed by atoms with Gasteiger partial charge in [0.2, 0.25) is 0 Å². The maximum absolute atomic E-state index is 5.70. The van der Waals surface area contributed by atoms with Gasteiger partial charge in [0, 0.05) is 10.7 Å². The number of hydrogen-bond acceptors (Lipinski definition) is 1. The molecule has 0 aliphatic carbocycles. The summed E-state index contributed by atoms with van der Waals surface area (Å²) in [5, 5.41) is 2.14. The second-order valence-electron chi connectivity index (χ2n) is 4.10. The Morgan fingerprint density at radius 1 is 1.42 bits per heavy atom. The van der Waals surface area contributed by atoms with Crippen LogP contribution in [0.5, 0.6) is 0 Å². The summed E-state index contributed by atoms with van der Waals surface area (Å²) in [6, 6.07) is 0. The molecule has 72 valence electrons. The van der Waals surface area contributed by atoms with Crippen LogP contribution in [-0.4, -0.2) is 22.9 Å². The molecule has 0 N–H and O–H groups in total. The second-order valence-corrected chi connectivity index (χ2v) is 5.40.